The van der Waals surface area contributed by atoms with Crippen LogP contribution in [0.5, 0.6) is 5.88 Å². The van der Waals surface area contributed by atoms with Gasteiger partial charge in [0, 0.05) is 18.1 Å². The molecular formula is C12H11ClN2O2. The van der Waals surface area contributed by atoms with E-state index < -0.39 is 5.97 Å². The lowest BCUT2D eigenvalue weighted by atomic mass is 10.2. The SMILES string of the molecule is Cc1cc(OC(=O)c2cccc(Cl)c2)n(C)n1. The Bertz CT molecular complexity index is 563. The summed E-state index contributed by atoms with van der Waals surface area (Å²) >= 11 is 5.80. The average molecular weight is 251 g/mol. The molecular weight excluding hydrogens is 240 g/mol. The number of aromatic nitrogens is 2. The van der Waals surface area contributed by atoms with Crippen LogP contribution in [-0.2, 0) is 7.05 Å². The van der Waals surface area contributed by atoms with Crippen molar-refractivity contribution in [1.29, 1.82) is 0 Å². The molecule has 0 spiro atoms. The fourth-order valence-corrected chi connectivity index (χ4v) is 1.64. The van der Waals surface area contributed by atoms with E-state index >= 15 is 0 Å². The maximum Gasteiger partial charge on any atom is 0.344 e. The Morgan fingerprint density at radius 1 is 1.41 bits per heavy atom. The number of hydrogen-bond donors (Lipinski definition) is 0. The molecule has 0 saturated carbocycles. The maximum absolute atomic E-state index is 11.8. The van der Waals surface area contributed by atoms with Gasteiger partial charge in [-0.1, -0.05) is 17.7 Å². The molecule has 0 bridgehead atoms. The summed E-state index contributed by atoms with van der Waals surface area (Å²) < 4.78 is 6.72. The summed E-state index contributed by atoms with van der Waals surface area (Å²) in [5, 5.41) is 4.59. The van der Waals surface area contributed by atoms with Crippen LogP contribution in [0, 0.1) is 6.92 Å². The second-order valence-corrected chi connectivity index (χ2v) is 4.08. The Morgan fingerprint density at radius 2 is 2.18 bits per heavy atom. The van der Waals surface area contributed by atoms with Gasteiger partial charge in [0.05, 0.1) is 11.3 Å². The lowest BCUT2D eigenvalue weighted by Gasteiger charge is -2.03. The summed E-state index contributed by atoms with van der Waals surface area (Å²) in [5.41, 5.74) is 1.21. The molecule has 17 heavy (non-hydrogen) atoms. The Kier molecular flexibility index (Phi) is 3.15. The van der Waals surface area contributed by atoms with Crippen LogP contribution >= 0.6 is 11.6 Å². The number of aryl methyl sites for hydroxylation is 2. The topological polar surface area (TPSA) is 44.1 Å². The molecule has 0 atom stereocenters. The van der Waals surface area contributed by atoms with Crippen molar-refractivity contribution >= 4 is 17.6 Å². The van der Waals surface area contributed by atoms with Crippen molar-refractivity contribution in [3.8, 4) is 5.88 Å². The number of carbonyl (C=O) groups excluding carboxylic acids is 1. The van der Waals surface area contributed by atoms with Crippen molar-refractivity contribution < 1.29 is 9.53 Å². The van der Waals surface area contributed by atoms with Crippen molar-refractivity contribution in [3.63, 3.8) is 0 Å². The Balaban J connectivity index is 2.20. The van der Waals surface area contributed by atoms with E-state index in [2.05, 4.69) is 5.10 Å². The van der Waals surface area contributed by atoms with Crippen LogP contribution in [-0.4, -0.2) is 15.7 Å². The minimum Gasteiger partial charge on any atom is -0.404 e. The normalized spacial score (nSPS) is 10.3. The molecule has 0 aliphatic rings. The highest BCUT2D eigenvalue weighted by atomic mass is 35.5. The first-order valence-corrected chi connectivity index (χ1v) is 5.42. The molecule has 2 aromatic rings. The summed E-state index contributed by atoms with van der Waals surface area (Å²) in [6.07, 6.45) is 0. The Labute approximate surface area is 104 Å². The van der Waals surface area contributed by atoms with Crippen molar-refractivity contribution in [2.24, 2.45) is 7.05 Å². The largest absolute Gasteiger partial charge is 0.404 e. The molecule has 88 valence electrons. The lowest BCUT2D eigenvalue weighted by Crippen LogP contribution is -2.10. The lowest BCUT2D eigenvalue weighted by molar-refractivity contribution is 0.0720. The van der Waals surface area contributed by atoms with Crippen LogP contribution in [0.15, 0.2) is 30.3 Å². The second-order valence-electron chi connectivity index (χ2n) is 3.65. The molecule has 0 unspecified atom stereocenters. The Hall–Kier alpha value is -1.81. The van der Waals surface area contributed by atoms with Crippen LogP contribution in [0.4, 0.5) is 0 Å². The van der Waals surface area contributed by atoms with Crippen LogP contribution in [0.2, 0.25) is 5.02 Å². The zero-order valence-corrected chi connectivity index (χ0v) is 10.2. The van der Waals surface area contributed by atoms with E-state index in [1.54, 1.807) is 37.4 Å². The summed E-state index contributed by atoms with van der Waals surface area (Å²) in [4.78, 5) is 11.8. The average Bonchev–Trinajstić information content (AvgIpc) is 2.57. The number of halogens is 1. The summed E-state index contributed by atoms with van der Waals surface area (Å²) in [7, 11) is 1.72. The van der Waals surface area contributed by atoms with Crippen LogP contribution < -0.4 is 4.74 Å². The van der Waals surface area contributed by atoms with Gasteiger partial charge in [0.1, 0.15) is 0 Å². The number of carbonyl (C=O) groups is 1. The van der Waals surface area contributed by atoms with E-state index in [-0.39, 0.29) is 0 Å². The van der Waals surface area contributed by atoms with E-state index in [0.717, 1.165) is 5.69 Å². The molecule has 0 N–H and O–H groups in total. The van der Waals surface area contributed by atoms with Gasteiger partial charge in [0.25, 0.3) is 0 Å². The van der Waals surface area contributed by atoms with Crippen LogP contribution in [0.1, 0.15) is 16.1 Å². The van der Waals surface area contributed by atoms with Crippen molar-refractivity contribution in [3.05, 3.63) is 46.6 Å². The number of nitrogens with zero attached hydrogens (tertiary/aromatic N) is 2. The molecule has 1 heterocycles. The van der Waals surface area contributed by atoms with Gasteiger partial charge < -0.3 is 4.74 Å². The molecule has 2 rings (SSSR count). The Morgan fingerprint density at radius 3 is 2.76 bits per heavy atom. The van der Waals surface area contributed by atoms with E-state index in [9.17, 15) is 4.79 Å². The highest BCUT2D eigenvalue weighted by Crippen LogP contribution is 2.15. The van der Waals surface area contributed by atoms with Crippen molar-refractivity contribution in [1.82, 2.24) is 9.78 Å². The highest BCUT2D eigenvalue weighted by molar-refractivity contribution is 6.30. The number of hydrogen-bond acceptors (Lipinski definition) is 3. The summed E-state index contributed by atoms with van der Waals surface area (Å²) in [6, 6.07) is 8.31. The number of esters is 1. The molecule has 0 aliphatic carbocycles. The van der Waals surface area contributed by atoms with Gasteiger partial charge >= 0.3 is 5.97 Å². The molecule has 4 nitrogen and oxygen atoms in total. The first-order valence-electron chi connectivity index (χ1n) is 5.04. The molecule has 0 aliphatic heterocycles. The fourth-order valence-electron chi connectivity index (χ4n) is 1.45. The quantitative estimate of drug-likeness (QED) is 0.770. The molecule has 0 radical (unpaired) electrons. The summed E-state index contributed by atoms with van der Waals surface area (Å²) in [6.45, 7) is 1.83. The molecule has 5 heteroatoms. The van der Waals surface area contributed by atoms with Gasteiger partial charge in [0.2, 0.25) is 5.88 Å². The van der Waals surface area contributed by atoms with E-state index in [1.807, 2.05) is 6.92 Å². The first kappa shape index (κ1) is 11.7. The number of ether oxygens (including phenoxy) is 1. The zero-order valence-electron chi connectivity index (χ0n) is 9.48. The van der Waals surface area contributed by atoms with Crippen LogP contribution in [0.25, 0.3) is 0 Å². The molecule has 1 aromatic carbocycles. The van der Waals surface area contributed by atoms with Crippen molar-refractivity contribution in [2.75, 3.05) is 0 Å². The van der Waals surface area contributed by atoms with E-state index in [4.69, 9.17) is 16.3 Å². The van der Waals surface area contributed by atoms with E-state index in [0.29, 0.717) is 16.5 Å². The third-order valence-corrected chi connectivity index (χ3v) is 2.45. The fraction of sp³-hybridized carbons (Fsp3) is 0.167. The smallest absolute Gasteiger partial charge is 0.344 e. The molecule has 1 aromatic heterocycles. The van der Waals surface area contributed by atoms with Gasteiger partial charge in [-0.3, -0.25) is 0 Å². The van der Waals surface area contributed by atoms with Crippen LogP contribution in [0.3, 0.4) is 0 Å². The molecule has 0 amide bonds. The van der Waals surface area contributed by atoms with Crippen molar-refractivity contribution in [2.45, 2.75) is 6.92 Å². The number of rotatable bonds is 2. The second kappa shape index (κ2) is 4.59. The third kappa shape index (κ3) is 2.65. The maximum atomic E-state index is 11.8. The monoisotopic (exact) mass is 250 g/mol. The minimum atomic E-state index is -0.449. The molecule has 0 fully saturated rings. The first-order chi connectivity index (χ1) is 8.06. The van der Waals surface area contributed by atoms with Gasteiger partial charge in [-0.25, -0.2) is 9.48 Å². The predicted octanol–water partition coefficient (Wildman–Crippen LogP) is 2.60. The van der Waals surface area contributed by atoms with Gasteiger partial charge in [-0.05, 0) is 25.1 Å². The van der Waals surface area contributed by atoms with Gasteiger partial charge in [-0.2, -0.15) is 5.10 Å². The summed E-state index contributed by atoms with van der Waals surface area (Å²) in [5.74, 6) is -0.0389. The third-order valence-electron chi connectivity index (χ3n) is 2.22. The van der Waals surface area contributed by atoms with Gasteiger partial charge in [-0.15, -0.1) is 0 Å². The zero-order chi connectivity index (χ0) is 12.4. The van der Waals surface area contributed by atoms with Gasteiger partial charge in [0.15, 0.2) is 0 Å². The number of benzene rings is 1. The predicted molar refractivity (Wildman–Crippen MR) is 64.4 cm³/mol. The highest BCUT2D eigenvalue weighted by Gasteiger charge is 2.12. The van der Waals surface area contributed by atoms with E-state index in [1.165, 1.54) is 4.68 Å². The standard InChI is InChI=1S/C12H11ClN2O2/c1-8-6-11(15(2)14-8)17-12(16)9-4-3-5-10(13)7-9/h3-7H,1-2H3. The minimum absolute atomic E-state index is 0.410. The molecule has 0 saturated heterocycles.